The molecular weight excluding hydrogens is 320 g/mol. The van der Waals surface area contributed by atoms with E-state index in [4.69, 9.17) is 9.84 Å². The van der Waals surface area contributed by atoms with E-state index in [1.807, 2.05) is 30.3 Å². The number of hydrogen-bond donors (Lipinski definition) is 2. The Bertz CT molecular complexity index is 997. The quantitative estimate of drug-likeness (QED) is 0.747. The summed E-state index contributed by atoms with van der Waals surface area (Å²) in [6.07, 6.45) is 0.497. The van der Waals surface area contributed by atoms with Crippen LogP contribution in [-0.4, -0.2) is 21.0 Å². The number of aromatic amines is 1. The standard InChI is InChI=1S/C19H16N2O4/c22-18-12-7-4-8-15(25-10-11-5-2-1-3-6-11)16(12)20-17(21-18)13-9-14(13)19(23)24/h1-8,13-14H,9-10H2,(H,23,24)(H,20,21,22). The molecule has 0 spiro atoms. The Morgan fingerprint density at radius 2 is 2.00 bits per heavy atom. The Balaban J connectivity index is 1.68. The Labute approximate surface area is 143 Å². The second kappa shape index (κ2) is 6.05. The van der Waals surface area contributed by atoms with Crippen molar-refractivity contribution in [1.82, 2.24) is 9.97 Å². The highest BCUT2D eigenvalue weighted by atomic mass is 16.5. The van der Waals surface area contributed by atoms with Gasteiger partial charge in [0.1, 0.15) is 23.7 Å². The number of nitrogens with one attached hydrogen (secondary N) is 1. The topological polar surface area (TPSA) is 92.3 Å². The van der Waals surface area contributed by atoms with Crippen LogP contribution in [0.25, 0.3) is 10.9 Å². The van der Waals surface area contributed by atoms with E-state index in [0.717, 1.165) is 5.56 Å². The molecule has 1 fully saturated rings. The molecule has 126 valence electrons. The summed E-state index contributed by atoms with van der Waals surface area (Å²) in [4.78, 5) is 30.6. The maximum Gasteiger partial charge on any atom is 0.307 e. The van der Waals surface area contributed by atoms with Crippen molar-refractivity contribution in [3.8, 4) is 5.75 Å². The van der Waals surface area contributed by atoms with Gasteiger partial charge in [-0.3, -0.25) is 9.59 Å². The maximum absolute atomic E-state index is 12.3. The second-order valence-corrected chi connectivity index (χ2v) is 6.16. The molecule has 2 unspecified atom stereocenters. The van der Waals surface area contributed by atoms with Gasteiger partial charge in [0.2, 0.25) is 0 Å². The van der Waals surface area contributed by atoms with E-state index >= 15 is 0 Å². The lowest BCUT2D eigenvalue weighted by molar-refractivity contribution is -0.138. The van der Waals surface area contributed by atoms with Crippen LogP contribution in [0.2, 0.25) is 0 Å². The molecule has 1 saturated carbocycles. The third-order valence-electron chi connectivity index (χ3n) is 4.41. The van der Waals surface area contributed by atoms with E-state index in [9.17, 15) is 9.59 Å². The number of ether oxygens (including phenoxy) is 1. The Kier molecular flexibility index (Phi) is 3.72. The molecule has 2 N–H and O–H groups in total. The first-order valence-corrected chi connectivity index (χ1v) is 8.06. The first-order chi connectivity index (χ1) is 12.1. The second-order valence-electron chi connectivity index (χ2n) is 6.16. The van der Waals surface area contributed by atoms with Crippen molar-refractivity contribution in [3.63, 3.8) is 0 Å². The molecule has 25 heavy (non-hydrogen) atoms. The van der Waals surface area contributed by atoms with E-state index in [0.29, 0.717) is 35.5 Å². The van der Waals surface area contributed by atoms with Gasteiger partial charge in [0.25, 0.3) is 5.56 Å². The molecule has 0 saturated heterocycles. The third kappa shape index (κ3) is 2.98. The van der Waals surface area contributed by atoms with Gasteiger partial charge < -0.3 is 14.8 Å². The number of nitrogens with zero attached hydrogens (tertiary/aromatic N) is 1. The van der Waals surface area contributed by atoms with Crippen LogP contribution in [0.15, 0.2) is 53.3 Å². The van der Waals surface area contributed by atoms with Crippen LogP contribution in [0.3, 0.4) is 0 Å². The summed E-state index contributed by atoms with van der Waals surface area (Å²) in [5.41, 5.74) is 1.20. The summed E-state index contributed by atoms with van der Waals surface area (Å²) in [5, 5.41) is 9.52. The van der Waals surface area contributed by atoms with Gasteiger partial charge in [0, 0.05) is 5.92 Å². The molecule has 0 radical (unpaired) electrons. The van der Waals surface area contributed by atoms with Gasteiger partial charge in [-0.25, -0.2) is 4.98 Å². The molecular formula is C19H16N2O4. The lowest BCUT2D eigenvalue weighted by atomic mass is 10.2. The van der Waals surface area contributed by atoms with Crippen molar-refractivity contribution >= 4 is 16.9 Å². The van der Waals surface area contributed by atoms with E-state index in [1.54, 1.807) is 18.2 Å². The van der Waals surface area contributed by atoms with E-state index in [1.165, 1.54) is 0 Å². The van der Waals surface area contributed by atoms with Crippen molar-refractivity contribution in [2.24, 2.45) is 5.92 Å². The Morgan fingerprint density at radius 3 is 2.72 bits per heavy atom. The first-order valence-electron chi connectivity index (χ1n) is 8.06. The molecule has 4 rings (SSSR count). The average molecular weight is 336 g/mol. The summed E-state index contributed by atoms with van der Waals surface area (Å²) in [6.45, 7) is 0.366. The van der Waals surface area contributed by atoms with Crippen LogP contribution in [-0.2, 0) is 11.4 Å². The number of fused-ring (bicyclic) bond motifs is 1. The molecule has 0 aliphatic heterocycles. The minimum Gasteiger partial charge on any atom is -0.487 e. The predicted octanol–water partition coefficient (Wildman–Crippen LogP) is 2.69. The lowest BCUT2D eigenvalue weighted by Crippen LogP contribution is -2.13. The molecule has 2 aromatic carbocycles. The SMILES string of the molecule is O=C(O)C1CC1c1nc2c(OCc3ccccc3)cccc2c(=O)[nH]1. The fourth-order valence-corrected chi connectivity index (χ4v) is 2.95. The highest BCUT2D eigenvalue weighted by Gasteiger charge is 2.46. The molecule has 6 nitrogen and oxygen atoms in total. The highest BCUT2D eigenvalue weighted by molar-refractivity contribution is 5.84. The third-order valence-corrected chi connectivity index (χ3v) is 4.41. The lowest BCUT2D eigenvalue weighted by Gasteiger charge is -2.09. The van der Waals surface area contributed by atoms with Crippen LogP contribution < -0.4 is 10.3 Å². The number of H-pyrrole nitrogens is 1. The van der Waals surface area contributed by atoms with E-state index in [2.05, 4.69) is 9.97 Å². The summed E-state index contributed by atoms with van der Waals surface area (Å²) < 4.78 is 5.86. The molecule has 3 aromatic rings. The van der Waals surface area contributed by atoms with Crippen LogP contribution in [0, 0.1) is 5.92 Å². The average Bonchev–Trinajstić information content (AvgIpc) is 3.42. The zero-order valence-electron chi connectivity index (χ0n) is 13.3. The number of para-hydroxylation sites is 1. The molecule has 6 heteroatoms. The van der Waals surface area contributed by atoms with Crippen molar-refractivity contribution in [3.05, 3.63) is 70.3 Å². The molecule has 2 atom stereocenters. The minimum atomic E-state index is -0.860. The fraction of sp³-hybridized carbons (Fsp3) is 0.211. The normalized spacial score (nSPS) is 18.9. The van der Waals surface area contributed by atoms with Crippen LogP contribution in [0.1, 0.15) is 23.7 Å². The number of carboxylic acid groups (broad SMARTS) is 1. The minimum absolute atomic E-state index is 0.239. The molecule has 1 aromatic heterocycles. The van der Waals surface area contributed by atoms with Crippen LogP contribution in [0.5, 0.6) is 5.75 Å². The molecule has 1 heterocycles. The highest BCUT2D eigenvalue weighted by Crippen LogP contribution is 2.46. The van der Waals surface area contributed by atoms with Crippen molar-refractivity contribution in [2.45, 2.75) is 18.9 Å². The van der Waals surface area contributed by atoms with Gasteiger partial charge in [-0.2, -0.15) is 0 Å². The summed E-state index contributed by atoms with van der Waals surface area (Å²) >= 11 is 0. The van der Waals surface area contributed by atoms with Gasteiger partial charge >= 0.3 is 5.97 Å². The number of benzene rings is 2. The summed E-state index contributed by atoms with van der Waals surface area (Å²) in [5.74, 6) is -0.641. The number of aliphatic carboxylic acids is 1. The maximum atomic E-state index is 12.3. The van der Waals surface area contributed by atoms with Gasteiger partial charge in [0.05, 0.1) is 11.3 Å². The zero-order chi connectivity index (χ0) is 17.4. The van der Waals surface area contributed by atoms with Crippen LogP contribution in [0.4, 0.5) is 0 Å². The number of hydrogen-bond acceptors (Lipinski definition) is 4. The number of carbonyl (C=O) groups is 1. The molecule has 1 aliphatic carbocycles. The number of rotatable bonds is 5. The molecule has 0 bridgehead atoms. The van der Waals surface area contributed by atoms with Crippen molar-refractivity contribution in [2.75, 3.05) is 0 Å². The zero-order valence-corrected chi connectivity index (χ0v) is 13.3. The van der Waals surface area contributed by atoms with Crippen LogP contribution >= 0.6 is 0 Å². The smallest absolute Gasteiger partial charge is 0.307 e. The molecule has 1 aliphatic rings. The summed E-state index contributed by atoms with van der Waals surface area (Å²) in [6, 6.07) is 14.9. The number of aromatic nitrogens is 2. The van der Waals surface area contributed by atoms with Gasteiger partial charge in [-0.1, -0.05) is 36.4 Å². The Morgan fingerprint density at radius 1 is 1.20 bits per heavy atom. The number of carboxylic acids is 1. The van der Waals surface area contributed by atoms with Gasteiger partial charge in [-0.05, 0) is 24.1 Å². The molecule has 0 amide bonds. The Hall–Kier alpha value is -3.15. The van der Waals surface area contributed by atoms with Crippen molar-refractivity contribution in [1.29, 1.82) is 0 Å². The monoisotopic (exact) mass is 336 g/mol. The van der Waals surface area contributed by atoms with E-state index in [-0.39, 0.29) is 11.5 Å². The van der Waals surface area contributed by atoms with Gasteiger partial charge in [-0.15, -0.1) is 0 Å². The van der Waals surface area contributed by atoms with Crippen molar-refractivity contribution < 1.29 is 14.6 Å². The fourth-order valence-electron chi connectivity index (χ4n) is 2.95. The predicted molar refractivity (Wildman–Crippen MR) is 91.6 cm³/mol. The first kappa shape index (κ1) is 15.4. The van der Waals surface area contributed by atoms with E-state index < -0.39 is 11.9 Å². The van der Waals surface area contributed by atoms with Gasteiger partial charge in [0.15, 0.2) is 0 Å². The summed E-state index contributed by atoms with van der Waals surface area (Å²) in [7, 11) is 0. The largest absolute Gasteiger partial charge is 0.487 e.